The Morgan fingerprint density at radius 3 is 2.56 bits per heavy atom. The lowest BCUT2D eigenvalue weighted by molar-refractivity contribution is -0.118. The zero-order chi connectivity index (χ0) is 30.3. The lowest BCUT2D eigenvalue weighted by atomic mass is 9.63. The van der Waals surface area contributed by atoms with Crippen LogP contribution in [0.3, 0.4) is 0 Å². The quantitative estimate of drug-likeness (QED) is 0.269. The number of nitrogens with zero attached hydrogens (tertiary/aromatic N) is 4. The molecule has 1 amide bonds. The van der Waals surface area contributed by atoms with Crippen LogP contribution >= 0.6 is 11.6 Å². The Balaban J connectivity index is 1.54. The van der Waals surface area contributed by atoms with E-state index in [1.165, 1.54) is 16.8 Å². The maximum atomic E-state index is 15.5. The molecule has 4 rings (SSSR count). The molecule has 2 aromatic heterocycles. The van der Waals surface area contributed by atoms with Crippen molar-refractivity contribution in [1.82, 2.24) is 14.9 Å². The molecule has 0 unspecified atom stereocenters. The van der Waals surface area contributed by atoms with Crippen LogP contribution in [0.1, 0.15) is 90.3 Å². The Bertz CT molecular complexity index is 1520. The monoisotopic (exact) mass is 583 g/mol. The molecule has 1 aromatic carbocycles. The number of Topliss-reactive ketones (excluding diaryl/α,β-unsaturated/α-hetero) is 1. The molecular formula is C30H35ClFN5O4. The first-order chi connectivity index (χ1) is 19.1. The molecule has 41 heavy (non-hydrogen) atoms. The van der Waals surface area contributed by atoms with Crippen molar-refractivity contribution in [1.29, 1.82) is 0 Å². The smallest absolute Gasteiger partial charge is 0.412 e. The van der Waals surface area contributed by atoms with Gasteiger partial charge in [0.2, 0.25) is 0 Å². The van der Waals surface area contributed by atoms with E-state index in [4.69, 9.17) is 27.4 Å². The molecule has 2 heterocycles. The Morgan fingerprint density at radius 1 is 1.29 bits per heavy atom. The van der Waals surface area contributed by atoms with E-state index in [2.05, 4.69) is 34.3 Å². The third kappa shape index (κ3) is 6.79. The van der Waals surface area contributed by atoms with Gasteiger partial charge in [0.25, 0.3) is 5.69 Å². The van der Waals surface area contributed by atoms with Gasteiger partial charge in [-0.3, -0.25) is 14.8 Å². The highest BCUT2D eigenvalue weighted by Crippen LogP contribution is 2.50. The van der Waals surface area contributed by atoms with Crippen molar-refractivity contribution in [3.05, 3.63) is 57.5 Å². The molecular weight excluding hydrogens is 549 g/mol. The number of rotatable bonds is 8. The molecule has 1 N–H and O–H groups in total. The number of ketones is 1. The summed E-state index contributed by atoms with van der Waals surface area (Å²) in [7, 11) is 0. The number of carbonyl (C=O) groups excluding carboxylic acids is 2. The molecule has 9 nitrogen and oxygen atoms in total. The van der Waals surface area contributed by atoms with Gasteiger partial charge in [0.15, 0.2) is 0 Å². The zero-order valence-corrected chi connectivity index (χ0v) is 25.1. The molecule has 11 heteroatoms. The Morgan fingerprint density at radius 2 is 1.98 bits per heavy atom. The van der Waals surface area contributed by atoms with Gasteiger partial charge in [0, 0.05) is 30.0 Å². The van der Waals surface area contributed by atoms with E-state index in [9.17, 15) is 9.59 Å². The summed E-state index contributed by atoms with van der Waals surface area (Å²) in [5.41, 5.74) is 0.770. The summed E-state index contributed by atoms with van der Waals surface area (Å²) < 4.78 is 27.6. The minimum atomic E-state index is -0.774. The number of aromatic nitrogens is 3. The SMILES string of the molecule is [C-]#[N+]c1c(-c2ccc(CC(=O)Cc3cc(C4CC(C)(C)C4)no3)c(F)c2Cl)nn(C(C)C)c1NC(=O)OC(C)(C)C. The molecule has 0 radical (unpaired) electrons. The number of anilines is 1. The van der Waals surface area contributed by atoms with Crippen LogP contribution in [-0.4, -0.2) is 32.4 Å². The van der Waals surface area contributed by atoms with Crippen molar-refractivity contribution in [3.63, 3.8) is 0 Å². The van der Waals surface area contributed by atoms with E-state index in [1.54, 1.807) is 20.8 Å². The molecule has 3 aromatic rings. The molecule has 0 atom stereocenters. The lowest BCUT2D eigenvalue weighted by Crippen LogP contribution is -2.29. The van der Waals surface area contributed by atoms with Crippen molar-refractivity contribution >= 4 is 35.0 Å². The summed E-state index contributed by atoms with van der Waals surface area (Å²) in [6.45, 7) is 21.0. The maximum absolute atomic E-state index is 15.5. The number of amides is 1. The second-order valence-corrected chi connectivity index (χ2v) is 13.0. The van der Waals surface area contributed by atoms with Gasteiger partial charge in [-0.15, -0.1) is 0 Å². The van der Waals surface area contributed by atoms with Crippen LogP contribution in [0.15, 0.2) is 22.7 Å². The number of ether oxygens (including phenoxy) is 1. The molecule has 1 aliphatic rings. The number of carbonyl (C=O) groups is 2. The highest BCUT2D eigenvalue weighted by Gasteiger charge is 2.38. The van der Waals surface area contributed by atoms with Gasteiger partial charge in [0.1, 0.15) is 34.5 Å². The van der Waals surface area contributed by atoms with Gasteiger partial charge < -0.3 is 9.26 Å². The molecule has 0 spiro atoms. The van der Waals surface area contributed by atoms with E-state index in [1.807, 2.05) is 19.9 Å². The fourth-order valence-electron chi connectivity index (χ4n) is 5.07. The summed E-state index contributed by atoms with van der Waals surface area (Å²) in [5.74, 6) is -0.125. The number of halogens is 2. The average molecular weight is 584 g/mol. The summed E-state index contributed by atoms with van der Waals surface area (Å²) in [5, 5.41) is 10.9. The van der Waals surface area contributed by atoms with E-state index in [-0.39, 0.29) is 58.0 Å². The first-order valence-corrected chi connectivity index (χ1v) is 13.9. The highest BCUT2D eigenvalue weighted by molar-refractivity contribution is 6.33. The molecule has 1 saturated carbocycles. The van der Waals surface area contributed by atoms with Gasteiger partial charge in [0.05, 0.1) is 23.7 Å². The molecule has 1 aliphatic carbocycles. The number of hydrogen-bond donors (Lipinski definition) is 1. The van der Waals surface area contributed by atoms with Crippen molar-refractivity contribution in [2.24, 2.45) is 5.41 Å². The van der Waals surface area contributed by atoms with Crippen LogP contribution in [0, 0.1) is 17.8 Å². The summed E-state index contributed by atoms with van der Waals surface area (Å²) in [6, 6.07) is 4.55. The van der Waals surface area contributed by atoms with Crippen LogP contribution in [0.2, 0.25) is 5.02 Å². The molecule has 0 aliphatic heterocycles. The fraction of sp³-hybridized carbons (Fsp3) is 0.500. The van der Waals surface area contributed by atoms with Gasteiger partial charge in [-0.25, -0.2) is 14.0 Å². The van der Waals surface area contributed by atoms with Crippen LogP contribution in [0.4, 0.5) is 20.7 Å². The predicted molar refractivity (Wildman–Crippen MR) is 154 cm³/mol. The van der Waals surface area contributed by atoms with E-state index < -0.39 is 17.5 Å². The first kappa shape index (κ1) is 30.3. The van der Waals surface area contributed by atoms with Crippen LogP contribution in [0.5, 0.6) is 0 Å². The third-order valence-corrected chi connectivity index (χ3v) is 7.25. The van der Waals surface area contributed by atoms with E-state index in [0.717, 1.165) is 18.5 Å². The minimum absolute atomic E-state index is 0.00865. The average Bonchev–Trinajstić information content (AvgIpc) is 3.43. The summed E-state index contributed by atoms with van der Waals surface area (Å²) >= 11 is 6.44. The molecule has 1 fully saturated rings. The molecule has 218 valence electrons. The van der Waals surface area contributed by atoms with E-state index >= 15 is 4.39 Å². The van der Waals surface area contributed by atoms with Crippen molar-refractivity contribution < 1.29 is 23.2 Å². The number of nitrogens with one attached hydrogen (secondary N) is 1. The second-order valence-electron chi connectivity index (χ2n) is 12.6. The fourth-order valence-corrected chi connectivity index (χ4v) is 5.34. The number of benzene rings is 1. The lowest BCUT2D eigenvalue weighted by Gasteiger charge is -2.41. The summed E-state index contributed by atoms with van der Waals surface area (Å²) in [4.78, 5) is 28.8. The molecule has 0 saturated heterocycles. The topological polar surface area (TPSA) is 104 Å². The normalized spacial score (nSPS) is 15.0. The van der Waals surface area contributed by atoms with Crippen molar-refractivity contribution in [3.8, 4) is 11.3 Å². The van der Waals surface area contributed by atoms with Gasteiger partial charge in [-0.05, 0) is 58.4 Å². The standard InChI is InChI=1S/C30H35ClFN5O4/c1-16(2)37-27(34-28(39)40-29(3,4)5)26(33-8)25(35-37)21-10-9-17(24(32)23(21)31)11-19(38)12-20-13-22(36-41-20)18-14-30(6,7)15-18/h9-10,13,16,18H,11-12,14-15H2,1-7H3,(H,34,39). The second kappa shape index (κ2) is 11.3. The number of hydrogen-bond acceptors (Lipinski definition) is 6. The van der Waals surface area contributed by atoms with Crippen LogP contribution < -0.4 is 5.32 Å². The Hall–Kier alpha value is -3.71. The zero-order valence-electron chi connectivity index (χ0n) is 24.4. The highest BCUT2D eigenvalue weighted by atomic mass is 35.5. The van der Waals surface area contributed by atoms with E-state index in [0.29, 0.717) is 17.1 Å². The third-order valence-electron chi connectivity index (χ3n) is 6.88. The maximum Gasteiger partial charge on any atom is 0.412 e. The summed E-state index contributed by atoms with van der Waals surface area (Å²) in [6.07, 6.45) is 1.08. The van der Waals surface area contributed by atoms with Gasteiger partial charge in [-0.2, -0.15) is 5.10 Å². The van der Waals surface area contributed by atoms with Gasteiger partial charge in [-0.1, -0.05) is 42.7 Å². The molecule has 0 bridgehead atoms. The minimum Gasteiger partial charge on any atom is -0.444 e. The van der Waals surface area contributed by atoms with Crippen LogP contribution in [-0.2, 0) is 22.4 Å². The Labute approximate surface area is 244 Å². The largest absolute Gasteiger partial charge is 0.444 e. The Kier molecular flexibility index (Phi) is 8.33. The predicted octanol–water partition coefficient (Wildman–Crippen LogP) is 8.07. The first-order valence-electron chi connectivity index (χ1n) is 13.5. The van der Waals surface area contributed by atoms with Crippen molar-refractivity contribution in [2.75, 3.05) is 5.32 Å². The van der Waals surface area contributed by atoms with Crippen LogP contribution in [0.25, 0.3) is 16.1 Å². The van der Waals surface area contributed by atoms with Gasteiger partial charge >= 0.3 is 6.09 Å². The van der Waals surface area contributed by atoms with Crippen molar-refractivity contribution in [2.45, 2.75) is 91.7 Å².